The van der Waals surface area contributed by atoms with Crippen molar-refractivity contribution in [2.75, 3.05) is 46.3 Å². The van der Waals surface area contributed by atoms with Gasteiger partial charge in [-0.1, -0.05) is 48.5 Å². The summed E-state index contributed by atoms with van der Waals surface area (Å²) in [7, 11) is 7.04. The highest BCUT2D eigenvalue weighted by Crippen LogP contribution is 2.28. The van der Waals surface area contributed by atoms with Crippen LogP contribution < -0.4 is 14.4 Å². The number of hydrogen-bond acceptors (Lipinski definition) is 7. The molecule has 0 saturated heterocycles. The van der Waals surface area contributed by atoms with E-state index in [1.807, 2.05) is 56.6 Å². The number of halogens is 1. The molecule has 3 rings (SSSR count). The fraction of sp³-hybridized carbons (Fsp3) is 0.370. The first-order chi connectivity index (χ1) is 17.3. The van der Waals surface area contributed by atoms with Gasteiger partial charge in [-0.2, -0.15) is 0 Å². The van der Waals surface area contributed by atoms with Crippen LogP contribution in [-0.4, -0.2) is 62.2 Å². The quantitative estimate of drug-likeness (QED) is 0.172. The lowest BCUT2D eigenvalue weighted by Gasteiger charge is -2.18. The van der Waals surface area contributed by atoms with E-state index < -0.39 is 0 Å². The lowest BCUT2D eigenvalue weighted by atomic mass is 10.1. The summed E-state index contributed by atoms with van der Waals surface area (Å²) in [5.41, 5.74) is 2.74. The van der Waals surface area contributed by atoms with Gasteiger partial charge in [-0.15, -0.1) is 0 Å². The minimum absolute atomic E-state index is 0.0233. The number of likely N-dealkylation sites (N-methyl/N-ethyl adjacent to an activating group) is 1. The van der Waals surface area contributed by atoms with Crippen LogP contribution in [0.25, 0.3) is 0 Å². The van der Waals surface area contributed by atoms with Crippen LogP contribution in [0.2, 0.25) is 5.15 Å². The van der Waals surface area contributed by atoms with Gasteiger partial charge in [-0.3, -0.25) is 4.79 Å². The van der Waals surface area contributed by atoms with Gasteiger partial charge >= 0.3 is 0 Å². The first-order valence-corrected chi connectivity index (χ1v) is 13.1. The zero-order chi connectivity index (χ0) is 26.1. The van der Waals surface area contributed by atoms with E-state index in [0.717, 1.165) is 29.9 Å². The van der Waals surface area contributed by atoms with Crippen LogP contribution >= 0.6 is 23.4 Å². The molecule has 36 heavy (non-hydrogen) atoms. The second-order valence-electron chi connectivity index (χ2n) is 8.41. The molecular weight excluding hydrogens is 496 g/mol. The maximum atomic E-state index is 13.1. The Morgan fingerprint density at radius 2 is 1.75 bits per heavy atom. The van der Waals surface area contributed by atoms with Gasteiger partial charge in [0.05, 0.1) is 14.2 Å². The molecule has 3 aromatic rings. The molecule has 0 aliphatic carbocycles. The zero-order valence-electron chi connectivity index (χ0n) is 21.5. The van der Waals surface area contributed by atoms with Crippen LogP contribution in [-0.2, 0) is 12.2 Å². The first-order valence-electron chi connectivity index (χ1n) is 11.8. The van der Waals surface area contributed by atoms with Crippen LogP contribution in [0.1, 0.15) is 34.8 Å². The van der Waals surface area contributed by atoms with Crippen molar-refractivity contribution in [2.24, 2.45) is 0 Å². The van der Waals surface area contributed by atoms with Crippen LogP contribution in [0.3, 0.4) is 0 Å². The molecule has 0 bridgehead atoms. The fourth-order valence-electron chi connectivity index (χ4n) is 3.69. The van der Waals surface area contributed by atoms with Crippen molar-refractivity contribution in [3.05, 3.63) is 70.4 Å². The molecule has 9 heteroatoms. The largest absolute Gasteiger partial charge is 0.493 e. The average Bonchev–Trinajstić information content (AvgIpc) is 2.89. The third-order valence-corrected chi connectivity index (χ3v) is 6.80. The Morgan fingerprint density at radius 1 is 0.972 bits per heavy atom. The second kappa shape index (κ2) is 13.4. The molecule has 0 aliphatic heterocycles. The molecule has 0 N–H and O–H groups in total. The molecular formula is C27H33ClN4O3S. The van der Waals surface area contributed by atoms with E-state index in [9.17, 15) is 4.79 Å². The summed E-state index contributed by atoms with van der Waals surface area (Å²) in [6.07, 6.45) is 1.73. The standard InChI is InChI=1S/C27H33ClN4O3S/c1-6-13-31(2)25-17-24(28)29-27(30-25)36-18-20-8-7-9-21(15-20)26(33)32(3)14-12-19-10-11-22(34-4)23(16-19)35-5/h7-11,15-17H,6,12-14,18H2,1-5H3. The fourth-order valence-corrected chi connectivity index (χ4v) is 4.72. The van der Waals surface area contributed by atoms with Crippen molar-refractivity contribution in [3.8, 4) is 11.5 Å². The zero-order valence-corrected chi connectivity index (χ0v) is 23.0. The van der Waals surface area contributed by atoms with Crippen LogP contribution in [0.5, 0.6) is 11.5 Å². The molecule has 0 fully saturated rings. The van der Waals surface area contributed by atoms with Gasteiger partial charge < -0.3 is 19.3 Å². The summed E-state index contributed by atoms with van der Waals surface area (Å²) in [5, 5.41) is 1.04. The Hall–Kier alpha value is -2.97. The molecule has 1 amide bonds. The van der Waals surface area contributed by atoms with E-state index in [1.165, 1.54) is 11.8 Å². The number of carbonyl (C=O) groups is 1. The average molecular weight is 529 g/mol. The van der Waals surface area contributed by atoms with Crippen molar-refractivity contribution in [2.45, 2.75) is 30.7 Å². The van der Waals surface area contributed by atoms with Crippen molar-refractivity contribution in [3.63, 3.8) is 0 Å². The number of carbonyl (C=O) groups excluding carboxylic acids is 1. The van der Waals surface area contributed by atoms with Crippen LogP contribution in [0.15, 0.2) is 53.7 Å². The summed E-state index contributed by atoms with van der Waals surface area (Å²) >= 11 is 7.73. The van der Waals surface area contributed by atoms with E-state index in [0.29, 0.717) is 46.1 Å². The molecule has 0 unspecified atom stereocenters. The molecule has 0 atom stereocenters. The molecule has 1 heterocycles. The summed E-state index contributed by atoms with van der Waals surface area (Å²) in [6, 6.07) is 15.3. The molecule has 7 nitrogen and oxygen atoms in total. The summed E-state index contributed by atoms with van der Waals surface area (Å²) in [4.78, 5) is 25.9. The second-order valence-corrected chi connectivity index (χ2v) is 9.74. The monoisotopic (exact) mass is 528 g/mol. The lowest BCUT2D eigenvalue weighted by molar-refractivity contribution is 0.0796. The van der Waals surface area contributed by atoms with E-state index >= 15 is 0 Å². The third kappa shape index (κ3) is 7.51. The Morgan fingerprint density at radius 3 is 2.47 bits per heavy atom. The number of anilines is 1. The maximum absolute atomic E-state index is 13.1. The summed E-state index contributed by atoms with van der Waals surface area (Å²) in [6.45, 7) is 3.59. The topological polar surface area (TPSA) is 67.8 Å². The summed E-state index contributed by atoms with van der Waals surface area (Å²) < 4.78 is 10.7. The predicted molar refractivity (Wildman–Crippen MR) is 147 cm³/mol. The number of hydrogen-bond donors (Lipinski definition) is 0. The van der Waals surface area contributed by atoms with Gasteiger partial charge in [0.25, 0.3) is 5.91 Å². The third-order valence-electron chi connectivity index (χ3n) is 5.68. The number of rotatable bonds is 12. The Bertz CT molecular complexity index is 1180. The van der Waals surface area contributed by atoms with Crippen molar-refractivity contribution < 1.29 is 14.3 Å². The first kappa shape index (κ1) is 27.6. The number of methoxy groups -OCH3 is 2. The minimum Gasteiger partial charge on any atom is -0.493 e. The molecule has 2 aromatic carbocycles. The van der Waals surface area contributed by atoms with Crippen LogP contribution in [0.4, 0.5) is 5.82 Å². The number of ether oxygens (including phenoxy) is 2. The molecule has 0 spiro atoms. The number of aromatic nitrogens is 2. The Labute approximate surface area is 222 Å². The van der Waals surface area contributed by atoms with Gasteiger partial charge in [-0.05, 0) is 48.2 Å². The van der Waals surface area contributed by atoms with Gasteiger partial charge in [0.2, 0.25) is 0 Å². The molecule has 192 valence electrons. The SMILES string of the molecule is CCCN(C)c1cc(Cl)nc(SCc2cccc(C(=O)N(C)CCc3ccc(OC)c(OC)c3)c2)n1. The van der Waals surface area contributed by atoms with Gasteiger partial charge in [-0.25, -0.2) is 9.97 Å². The number of amides is 1. The van der Waals surface area contributed by atoms with E-state index in [2.05, 4.69) is 21.8 Å². The maximum Gasteiger partial charge on any atom is 0.253 e. The Kier molecular flexibility index (Phi) is 10.3. The predicted octanol–water partition coefficient (Wildman–Crippen LogP) is 5.60. The highest BCUT2D eigenvalue weighted by Gasteiger charge is 2.14. The van der Waals surface area contributed by atoms with E-state index in [-0.39, 0.29) is 5.91 Å². The van der Waals surface area contributed by atoms with Crippen molar-refractivity contribution in [1.29, 1.82) is 0 Å². The minimum atomic E-state index is -0.0233. The highest BCUT2D eigenvalue weighted by molar-refractivity contribution is 7.98. The number of benzene rings is 2. The lowest BCUT2D eigenvalue weighted by Crippen LogP contribution is -2.28. The normalized spacial score (nSPS) is 10.7. The number of thioether (sulfide) groups is 1. The molecule has 0 aliphatic rings. The van der Waals surface area contributed by atoms with E-state index in [1.54, 1.807) is 25.2 Å². The Balaban J connectivity index is 1.61. The molecule has 0 radical (unpaired) electrons. The summed E-state index contributed by atoms with van der Waals surface area (Å²) in [5.74, 6) is 2.78. The van der Waals surface area contributed by atoms with Gasteiger partial charge in [0, 0.05) is 44.6 Å². The highest BCUT2D eigenvalue weighted by atomic mass is 35.5. The molecule has 1 aromatic heterocycles. The van der Waals surface area contributed by atoms with E-state index in [4.69, 9.17) is 21.1 Å². The van der Waals surface area contributed by atoms with Gasteiger partial charge in [0.1, 0.15) is 11.0 Å². The number of nitrogens with zero attached hydrogens (tertiary/aromatic N) is 4. The smallest absolute Gasteiger partial charge is 0.253 e. The van der Waals surface area contributed by atoms with Crippen LogP contribution in [0, 0.1) is 0 Å². The molecule has 0 saturated carbocycles. The van der Waals surface area contributed by atoms with Crippen molar-refractivity contribution >= 4 is 35.1 Å². The van der Waals surface area contributed by atoms with Crippen molar-refractivity contribution in [1.82, 2.24) is 14.9 Å². The van der Waals surface area contributed by atoms with Gasteiger partial charge in [0.15, 0.2) is 16.7 Å².